The average molecular weight is 209 g/mol. The molecule has 0 bridgehead atoms. The molecule has 0 aliphatic rings. The van der Waals surface area contributed by atoms with Crippen molar-refractivity contribution in [2.24, 2.45) is 0 Å². The first-order chi connectivity index (χ1) is 6.49. The van der Waals surface area contributed by atoms with Crippen LogP contribution in [-0.2, 0) is 0 Å². The lowest BCUT2D eigenvalue weighted by Crippen LogP contribution is -2.46. The van der Waals surface area contributed by atoms with Crippen LogP contribution in [0.3, 0.4) is 0 Å². The third-order valence-electron chi connectivity index (χ3n) is 1.28. The molecular weight excluding hydrogens is 198 g/mol. The summed E-state index contributed by atoms with van der Waals surface area (Å²) in [6.07, 6.45) is 0. The van der Waals surface area contributed by atoms with Gasteiger partial charge < -0.3 is 5.11 Å². The van der Waals surface area contributed by atoms with E-state index < -0.39 is 23.5 Å². The summed E-state index contributed by atoms with van der Waals surface area (Å²) in [6, 6.07) is 0. The minimum atomic E-state index is -0.789. The van der Waals surface area contributed by atoms with Gasteiger partial charge in [-0.1, -0.05) is 5.01 Å². The standard InChI is InChI=1S/C4H11N5O5/c1-6(8(11)12)4-7(9(13)14)2-5-3-10/h5,10H,2-4H2,1H3. The zero-order valence-electron chi connectivity index (χ0n) is 7.49. The number of aliphatic hydroxyl groups is 1. The van der Waals surface area contributed by atoms with Crippen LogP contribution < -0.4 is 5.32 Å². The topological polar surface area (TPSA) is 125 Å². The van der Waals surface area contributed by atoms with E-state index >= 15 is 0 Å². The predicted octanol–water partition coefficient (Wildman–Crippen LogP) is -1.94. The van der Waals surface area contributed by atoms with Gasteiger partial charge in [0.1, 0.15) is 6.67 Å². The summed E-state index contributed by atoms with van der Waals surface area (Å²) < 4.78 is 0. The molecule has 0 radical (unpaired) electrons. The predicted molar refractivity (Wildman–Crippen MR) is 43.5 cm³/mol. The largest absolute Gasteiger partial charge is 0.381 e. The van der Waals surface area contributed by atoms with Crippen LogP contribution in [0.4, 0.5) is 0 Å². The highest BCUT2D eigenvalue weighted by Crippen LogP contribution is 1.90. The highest BCUT2D eigenvalue weighted by Gasteiger charge is 2.20. The van der Waals surface area contributed by atoms with E-state index in [4.69, 9.17) is 5.11 Å². The van der Waals surface area contributed by atoms with Gasteiger partial charge in [-0.25, -0.2) is 20.2 Å². The van der Waals surface area contributed by atoms with Crippen LogP contribution in [0.1, 0.15) is 0 Å². The molecule has 10 nitrogen and oxygen atoms in total. The van der Waals surface area contributed by atoms with Crippen LogP contribution in [-0.4, -0.2) is 52.3 Å². The van der Waals surface area contributed by atoms with Gasteiger partial charge in [0.05, 0.1) is 13.8 Å². The minimum absolute atomic E-state index is 0.276. The molecule has 0 spiro atoms. The van der Waals surface area contributed by atoms with Crippen LogP contribution in [0.5, 0.6) is 0 Å². The third-order valence-corrected chi connectivity index (χ3v) is 1.28. The number of aliphatic hydroxyl groups excluding tert-OH is 1. The smallest absolute Gasteiger partial charge is 0.208 e. The molecule has 0 saturated heterocycles. The first-order valence-electron chi connectivity index (χ1n) is 3.55. The highest BCUT2D eigenvalue weighted by atomic mass is 16.7. The fourth-order valence-corrected chi connectivity index (χ4v) is 0.626. The minimum Gasteiger partial charge on any atom is -0.381 e. The van der Waals surface area contributed by atoms with Gasteiger partial charge in [-0.3, -0.25) is 5.32 Å². The van der Waals surface area contributed by atoms with Crippen molar-refractivity contribution >= 4 is 0 Å². The number of hydrogen-bond acceptors (Lipinski definition) is 6. The Morgan fingerprint density at radius 3 is 2.29 bits per heavy atom. The Morgan fingerprint density at radius 1 is 1.36 bits per heavy atom. The van der Waals surface area contributed by atoms with Gasteiger partial charge in [-0.2, -0.15) is 0 Å². The maximum atomic E-state index is 10.3. The maximum absolute atomic E-state index is 10.3. The zero-order valence-corrected chi connectivity index (χ0v) is 7.49. The van der Waals surface area contributed by atoms with E-state index in [0.29, 0.717) is 10.0 Å². The number of hydrogen-bond donors (Lipinski definition) is 2. The van der Waals surface area contributed by atoms with Crippen molar-refractivity contribution in [3.05, 3.63) is 20.2 Å². The summed E-state index contributed by atoms with van der Waals surface area (Å²) >= 11 is 0. The van der Waals surface area contributed by atoms with Crippen molar-refractivity contribution in [2.75, 3.05) is 27.1 Å². The maximum Gasteiger partial charge on any atom is 0.208 e. The van der Waals surface area contributed by atoms with Crippen molar-refractivity contribution in [2.45, 2.75) is 0 Å². The second-order valence-corrected chi connectivity index (χ2v) is 2.35. The van der Waals surface area contributed by atoms with Crippen LogP contribution in [0.2, 0.25) is 0 Å². The fraction of sp³-hybridized carbons (Fsp3) is 1.00. The van der Waals surface area contributed by atoms with Gasteiger partial charge in [0.25, 0.3) is 0 Å². The molecule has 2 N–H and O–H groups in total. The molecule has 0 fully saturated rings. The van der Waals surface area contributed by atoms with Crippen LogP contribution >= 0.6 is 0 Å². The number of nitrogens with zero attached hydrogens (tertiary/aromatic N) is 4. The summed E-state index contributed by atoms with van der Waals surface area (Å²) in [6.45, 7) is -1.19. The number of nitro groups is 2. The van der Waals surface area contributed by atoms with Crippen molar-refractivity contribution in [1.82, 2.24) is 15.3 Å². The monoisotopic (exact) mass is 209 g/mol. The van der Waals surface area contributed by atoms with Gasteiger partial charge in [-0.05, 0) is 0 Å². The average Bonchev–Trinajstić information content (AvgIpc) is 2.10. The van der Waals surface area contributed by atoms with E-state index in [9.17, 15) is 20.2 Å². The fourth-order valence-electron chi connectivity index (χ4n) is 0.626. The van der Waals surface area contributed by atoms with E-state index in [1.165, 1.54) is 0 Å². The lowest BCUT2D eigenvalue weighted by Gasteiger charge is -2.16. The molecule has 0 amide bonds. The highest BCUT2D eigenvalue weighted by molar-refractivity contribution is 4.37. The SMILES string of the molecule is CN(CN(CNCO)[N+](=O)[O-])[N+](=O)[O-]. The molecule has 0 aliphatic carbocycles. The Hall–Kier alpha value is -1.68. The first kappa shape index (κ1) is 12.3. The lowest BCUT2D eigenvalue weighted by atomic mass is 10.8. The zero-order chi connectivity index (χ0) is 11.1. The third kappa shape index (κ3) is 4.37. The molecule has 14 heavy (non-hydrogen) atoms. The molecule has 0 unspecified atom stereocenters. The van der Waals surface area contributed by atoms with Gasteiger partial charge in [0, 0.05) is 0 Å². The molecule has 0 rings (SSSR count). The molecular formula is C4H11N5O5. The molecule has 0 aromatic carbocycles. The molecule has 0 atom stereocenters. The van der Waals surface area contributed by atoms with Crippen LogP contribution in [0, 0.1) is 20.2 Å². The van der Waals surface area contributed by atoms with Crippen molar-refractivity contribution in [1.29, 1.82) is 0 Å². The molecule has 0 aromatic rings. The van der Waals surface area contributed by atoms with Gasteiger partial charge in [0.2, 0.25) is 6.67 Å². The van der Waals surface area contributed by atoms with Gasteiger partial charge in [0.15, 0.2) is 10.1 Å². The number of hydrazine groups is 2. The van der Waals surface area contributed by atoms with E-state index in [-0.39, 0.29) is 6.67 Å². The lowest BCUT2D eigenvalue weighted by molar-refractivity contribution is -0.708. The Bertz CT molecular complexity index is 210. The summed E-state index contributed by atoms with van der Waals surface area (Å²) in [7, 11) is 1.11. The molecule has 82 valence electrons. The van der Waals surface area contributed by atoms with E-state index in [0.717, 1.165) is 7.05 Å². The normalized spacial score (nSPS) is 9.57. The molecule has 10 heteroatoms. The Morgan fingerprint density at radius 2 is 1.93 bits per heavy atom. The second-order valence-electron chi connectivity index (χ2n) is 2.35. The van der Waals surface area contributed by atoms with Crippen LogP contribution in [0.15, 0.2) is 0 Å². The van der Waals surface area contributed by atoms with Crippen LogP contribution in [0.25, 0.3) is 0 Å². The first-order valence-corrected chi connectivity index (χ1v) is 3.55. The van der Waals surface area contributed by atoms with E-state index in [2.05, 4.69) is 5.32 Å². The second kappa shape index (κ2) is 5.88. The number of rotatable bonds is 7. The van der Waals surface area contributed by atoms with E-state index in [1.54, 1.807) is 0 Å². The molecule has 0 heterocycles. The Labute approximate surface area is 78.9 Å². The molecule has 0 saturated carbocycles. The quantitative estimate of drug-likeness (QED) is 0.282. The summed E-state index contributed by atoms with van der Waals surface area (Å²) in [5.74, 6) is 0. The Balaban J connectivity index is 4.08. The summed E-state index contributed by atoms with van der Waals surface area (Å²) in [5, 5.41) is 30.6. The summed E-state index contributed by atoms with van der Waals surface area (Å²) in [4.78, 5) is 20.5. The summed E-state index contributed by atoms with van der Waals surface area (Å²) in [5.41, 5.74) is 0. The molecule has 0 aromatic heterocycles. The molecule has 0 aliphatic heterocycles. The Kier molecular flexibility index (Phi) is 5.17. The van der Waals surface area contributed by atoms with Gasteiger partial charge >= 0.3 is 0 Å². The number of nitrogens with one attached hydrogen (secondary N) is 1. The van der Waals surface area contributed by atoms with Crippen molar-refractivity contribution in [3.63, 3.8) is 0 Å². The van der Waals surface area contributed by atoms with Crippen molar-refractivity contribution in [3.8, 4) is 0 Å². The van der Waals surface area contributed by atoms with E-state index in [1.807, 2.05) is 0 Å². The van der Waals surface area contributed by atoms with Gasteiger partial charge in [-0.15, -0.1) is 5.01 Å². The van der Waals surface area contributed by atoms with Crippen molar-refractivity contribution < 1.29 is 15.2 Å².